The summed E-state index contributed by atoms with van der Waals surface area (Å²) in [5.74, 6) is 0. The molecule has 0 fully saturated rings. The van der Waals surface area contributed by atoms with Crippen LogP contribution < -0.4 is 10.5 Å². The van der Waals surface area contributed by atoms with Crippen LogP contribution >= 0.6 is 11.3 Å². The lowest BCUT2D eigenvalue weighted by molar-refractivity contribution is 0.584. The van der Waals surface area contributed by atoms with Crippen molar-refractivity contribution in [2.75, 3.05) is 6.54 Å². The molecular weight excluding hydrogens is 304 g/mol. The SMILES string of the molecule is Cc1ccc(C(C)NCCc2ccc(S(N)(=O)=O)cc2)s1. The molecule has 1 atom stereocenters. The molecule has 0 spiro atoms. The van der Waals surface area contributed by atoms with Crippen molar-refractivity contribution in [1.82, 2.24) is 5.32 Å². The molecule has 21 heavy (non-hydrogen) atoms. The molecule has 1 aromatic carbocycles. The molecule has 3 N–H and O–H groups in total. The standard InChI is InChI=1S/C15H20N2O2S2/c1-11-3-8-15(20-11)12(2)17-10-9-13-4-6-14(7-5-13)21(16,18)19/h3-8,12,17H,9-10H2,1-2H3,(H2,16,18,19). The Morgan fingerprint density at radius 1 is 1.19 bits per heavy atom. The average molecular weight is 324 g/mol. The second kappa shape index (κ2) is 6.70. The summed E-state index contributed by atoms with van der Waals surface area (Å²) in [6.45, 7) is 5.09. The average Bonchev–Trinajstić information content (AvgIpc) is 2.85. The molecule has 4 nitrogen and oxygen atoms in total. The topological polar surface area (TPSA) is 72.2 Å². The highest BCUT2D eigenvalue weighted by Crippen LogP contribution is 2.22. The van der Waals surface area contributed by atoms with Crippen molar-refractivity contribution < 1.29 is 8.42 Å². The summed E-state index contributed by atoms with van der Waals surface area (Å²) in [4.78, 5) is 2.80. The summed E-state index contributed by atoms with van der Waals surface area (Å²) in [6.07, 6.45) is 0.847. The highest BCUT2D eigenvalue weighted by atomic mass is 32.2. The molecule has 0 saturated heterocycles. The maximum Gasteiger partial charge on any atom is 0.238 e. The van der Waals surface area contributed by atoms with Gasteiger partial charge in [0.25, 0.3) is 0 Å². The van der Waals surface area contributed by atoms with E-state index in [-0.39, 0.29) is 4.90 Å². The Kier molecular flexibility index (Phi) is 5.16. The number of nitrogens with two attached hydrogens (primary N) is 1. The Bertz CT molecular complexity index is 691. The largest absolute Gasteiger partial charge is 0.309 e. The van der Waals surface area contributed by atoms with Crippen molar-refractivity contribution >= 4 is 21.4 Å². The number of benzene rings is 1. The van der Waals surface area contributed by atoms with Crippen LogP contribution in [-0.2, 0) is 16.4 Å². The van der Waals surface area contributed by atoms with Crippen LogP contribution in [0.3, 0.4) is 0 Å². The normalized spacial score (nSPS) is 13.3. The lowest BCUT2D eigenvalue weighted by Crippen LogP contribution is -2.20. The van der Waals surface area contributed by atoms with Crippen LogP contribution in [0, 0.1) is 6.92 Å². The minimum atomic E-state index is -3.60. The van der Waals surface area contributed by atoms with E-state index in [0.29, 0.717) is 6.04 Å². The van der Waals surface area contributed by atoms with Crippen molar-refractivity contribution in [2.45, 2.75) is 31.2 Å². The quantitative estimate of drug-likeness (QED) is 0.858. The Labute approximate surface area is 130 Å². The molecule has 1 aromatic heterocycles. The van der Waals surface area contributed by atoms with Crippen LogP contribution in [0.5, 0.6) is 0 Å². The Balaban J connectivity index is 1.86. The first kappa shape index (κ1) is 16.2. The summed E-state index contributed by atoms with van der Waals surface area (Å²) < 4.78 is 22.3. The molecule has 2 rings (SSSR count). The summed E-state index contributed by atoms with van der Waals surface area (Å²) in [5, 5.41) is 8.55. The molecule has 6 heteroatoms. The maximum absolute atomic E-state index is 11.2. The Morgan fingerprint density at radius 3 is 2.38 bits per heavy atom. The zero-order chi connectivity index (χ0) is 15.5. The summed E-state index contributed by atoms with van der Waals surface area (Å²) >= 11 is 1.80. The number of primary sulfonamides is 1. The van der Waals surface area contributed by atoms with Crippen LogP contribution in [0.1, 0.15) is 28.3 Å². The Hall–Kier alpha value is -1.21. The predicted molar refractivity (Wildman–Crippen MR) is 87.0 cm³/mol. The van der Waals surface area contributed by atoms with Crippen molar-refractivity contribution in [3.8, 4) is 0 Å². The van der Waals surface area contributed by atoms with Crippen LogP contribution in [0.25, 0.3) is 0 Å². The molecule has 0 bridgehead atoms. The molecule has 2 aromatic rings. The fourth-order valence-electron chi connectivity index (χ4n) is 2.07. The van der Waals surface area contributed by atoms with E-state index >= 15 is 0 Å². The lowest BCUT2D eigenvalue weighted by atomic mass is 10.1. The lowest BCUT2D eigenvalue weighted by Gasteiger charge is -2.12. The number of nitrogens with one attached hydrogen (secondary N) is 1. The molecule has 114 valence electrons. The van der Waals surface area contributed by atoms with Gasteiger partial charge in [-0.3, -0.25) is 0 Å². The molecule has 0 amide bonds. The van der Waals surface area contributed by atoms with Gasteiger partial charge in [-0.1, -0.05) is 12.1 Å². The number of sulfonamides is 1. The first-order chi connectivity index (χ1) is 9.86. The van der Waals surface area contributed by atoms with Crippen LogP contribution in [0.4, 0.5) is 0 Å². The second-order valence-corrected chi connectivity index (χ2v) is 7.94. The van der Waals surface area contributed by atoms with Gasteiger partial charge in [0.15, 0.2) is 0 Å². The Morgan fingerprint density at radius 2 is 1.86 bits per heavy atom. The van der Waals surface area contributed by atoms with Crippen molar-refractivity contribution in [3.63, 3.8) is 0 Å². The highest BCUT2D eigenvalue weighted by Gasteiger charge is 2.08. The van der Waals surface area contributed by atoms with Crippen molar-refractivity contribution in [3.05, 3.63) is 51.7 Å². The molecule has 1 heterocycles. The van der Waals surface area contributed by atoms with E-state index in [1.807, 2.05) is 0 Å². The monoisotopic (exact) mass is 324 g/mol. The number of rotatable bonds is 6. The maximum atomic E-state index is 11.2. The van der Waals surface area contributed by atoms with Gasteiger partial charge < -0.3 is 5.32 Å². The third kappa shape index (κ3) is 4.64. The first-order valence-electron chi connectivity index (χ1n) is 6.78. The molecule has 0 aliphatic rings. The minimum Gasteiger partial charge on any atom is -0.309 e. The van der Waals surface area contributed by atoms with Gasteiger partial charge in [0.1, 0.15) is 0 Å². The van der Waals surface area contributed by atoms with Gasteiger partial charge in [0, 0.05) is 15.8 Å². The van der Waals surface area contributed by atoms with E-state index in [4.69, 9.17) is 5.14 Å². The van der Waals surface area contributed by atoms with Gasteiger partial charge in [0.05, 0.1) is 4.90 Å². The number of hydrogen-bond acceptors (Lipinski definition) is 4. The molecular formula is C15H20N2O2S2. The van der Waals surface area contributed by atoms with Gasteiger partial charge in [-0.25, -0.2) is 13.6 Å². The van der Waals surface area contributed by atoms with E-state index in [2.05, 4.69) is 31.3 Å². The molecule has 0 aliphatic heterocycles. The number of aryl methyl sites for hydroxylation is 1. The van der Waals surface area contributed by atoms with E-state index in [0.717, 1.165) is 18.5 Å². The fraction of sp³-hybridized carbons (Fsp3) is 0.333. The number of thiophene rings is 1. The molecule has 0 radical (unpaired) electrons. The predicted octanol–water partition coefficient (Wildman–Crippen LogP) is 2.60. The third-order valence-electron chi connectivity index (χ3n) is 3.30. The van der Waals surface area contributed by atoms with Crippen LogP contribution in [-0.4, -0.2) is 15.0 Å². The van der Waals surface area contributed by atoms with Gasteiger partial charge >= 0.3 is 0 Å². The highest BCUT2D eigenvalue weighted by molar-refractivity contribution is 7.89. The first-order valence-corrected chi connectivity index (χ1v) is 9.14. The smallest absolute Gasteiger partial charge is 0.238 e. The summed E-state index contributed by atoms with van der Waals surface area (Å²) in [7, 11) is -3.60. The van der Waals surface area contributed by atoms with E-state index in [1.54, 1.807) is 35.6 Å². The van der Waals surface area contributed by atoms with E-state index < -0.39 is 10.0 Å². The van der Waals surface area contributed by atoms with Gasteiger partial charge in [-0.15, -0.1) is 11.3 Å². The van der Waals surface area contributed by atoms with Gasteiger partial charge in [-0.05, 0) is 56.6 Å². The molecule has 0 saturated carbocycles. The summed E-state index contributed by atoms with van der Waals surface area (Å²) in [5.41, 5.74) is 1.09. The second-order valence-electron chi connectivity index (χ2n) is 5.06. The molecule has 1 unspecified atom stereocenters. The van der Waals surface area contributed by atoms with E-state index in [9.17, 15) is 8.42 Å². The zero-order valence-corrected chi connectivity index (χ0v) is 13.8. The van der Waals surface area contributed by atoms with Crippen molar-refractivity contribution in [1.29, 1.82) is 0 Å². The zero-order valence-electron chi connectivity index (χ0n) is 12.2. The van der Waals surface area contributed by atoms with Crippen molar-refractivity contribution in [2.24, 2.45) is 5.14 Å². The van der Waals surface area contributed by atoms with E-state index in [1.165, 1.54) is 9.75 Å². The molecule has 0 aliphatic carbocycles. The van der Waals surface area contributed by atoms with Crippen LogP contribution in [0.2, 0.25) is 0 Å². The third-order valence-corrected chi connectivity index (χ3v) is 5.42. The number of hydrogen-bond donors (Lipinski definition) is 2. The van der Waals surface area contributed by atoms with Gasteiger partial charge in [-0.2, -0.15) is 0 Å². The summed E-state index contributed by atoms with van der Waals surface area (Å²) in [6, 6.07) is 11.3. The van der Waals surface area contributed by atoms with Gasteiger partial charge in [0.2, 0.25) is 10.0 Å². The fourth-order valence-corrected chi connectivity index (χ4v) is 3.49. The van der Waals surface area contributed by atoms with Crippen LogP contribution in [0.15, 0.2) is 41.3 Å². The minimum absolute atomic E-state index is 0.154.